The highest BCUT2D eigenvalue weighted by Gasteiger charge is 2.48. The number of ether oxygens (including phenoxy) is 1. The lowest BCUT2D eigenvalue weighted by atomic mass is 9.80. The van der Waals surface area contributed by atoms with Gasteiger partial charge in [-0.1, -0.05) is 48.5 Å². The highest BCUT2D eigenvalue weighted by molar-refractivity contribution is 5.93. The van der Waals surface area contributed by atoms with Crippen LogP contribution in [-0.4, -0.2) is 58.9 Å². The maximum absolute atomic E-state index is 13.9. The number of nitrogens with one attached hydrogen (secondary N) is 2. The fourth-order valence-corrected chi connectivity index (χ4v) is 5.00. The summed E-state index contributed by atoms with van der Waals surface area (Å²) in [5.74, 6) is -0.942. The summed E-state index contributed by atoms with van der Waals surface area (Å²) in [5.41, 5.74) is 6.95. The van der Waals surface area contributed by atoms with Crippen LogP contribution in [0.2, 0.25) is 0 Å². The van der Waals surface area contributed by atoms with E-state index in [1.54, 1.807) is 25.7 Å². The summed E-state index contributed by atoms with van der Waals surface area (Å²) >= 11 is 0. The highest BCUT2D eigenvalue weighted by atomic mass is 16.5. The number of nitrogens with two attached hydrogens (primary N) is 1. The first kappa shape index (κ1) is 26.4. The van der Waals surface area contributed by atoms with Crippen molar-refractivity contribution in [2.75, 3.05) is 19.7 Å². The Balaban J connectivity index is 1.60. The van der Waals surface area contributed by atoms with Gasteiger partial charge in [-0.05, 0) is 50.8 Å². The van der Waals surface area contributed by atoms with Gasteiger partial charge in [0.25, 0.3) is 0 Å². The predicted molar refractivity (Wildman–Crippen MR) is 143 cm³/mol. The molecule has 0 bridgehead atoms. The van der Waals surface area contributed by atoms with E-state index in [1.807, 2.05) is 60.8 Å². The Hall–Kier alpha value is -3.65. The number of benzene rings is 2. The van der Waals surface area contributed by atoms with Gasteiger partial charge in [-0.2, -0.15) is 0 Å². The van der Waals surface area contributed by atoms with E-state index in [1.165, 1.54) is 0 Å². The van der Waals surface area contributed by atoms with E-state index < -0.39 is 22.9 Å². The molecule has 0 radical (unpaired) electrons. The van der Waals surface area contributed by atoms with Gasteiger partial charge in [-0.15, -0.1) is 0 Å². The van der Waals surface area contributed by atoms with Crippen molar-refractivity contribution < 1.29 is 19.1 Å². The third kappa shape index (κ3) is 5.85. The maximum atomic E-state index is 13.9. The first-order chi connectivity index (χ1) is 17.6. The van der Waals surface area contributed by atoms with E-state index in [2.05, 4.69) is 10.3 Å². The standard InChI is InChI=1S/C29H36N4O4/c1-4-37-27(36)29(17-20-10-6-5-7-11-20)14-15-33(19-29)25(34)24(32-26(35)28(2,3)30)16-21-18-31-23-13-9-8-12-22(21)23/h5-13,18,24,31H,4,14-17,19,30H2,1-3H3,(H,32,35)/t24-,29+/m1/s1. The molecular formula is C29H36N4O4. The Morgan fingerprint density at radius 1 is 1.14 bits per heavy atom. The van der Waals surface area contributed by atoms with Gasteiger partial charge >= 0.3 is 5.97 Å². The van der Waals surface area contributed by atoms with E-state index in [0.717, 1.165) is 22.0 Å². The van der Waals surface area contributed by atoms with Crippen molar-refractivity contribution in [2.24, 2.45) is 11.1 Å². The molecule has 4 N–H and O–H groups in total. The molecule has 196 valence electrons. The number of carbonyl (C=O) groups excluding carboxylic acids is 3. The Kier molecular flexibility index (Phi) is 7.68. The molecule has 2 amide bonds. The zero-order valence-electron chi connectivity index (χ0n) is 21.8. The second kappa shape index (κ2) is 10.8. The van der Waals surface area contributed by atoms with Crippen molar-refractivity contribution in [3.63, 3.8) is 0 Å². The lowest BCUT2D eigenvalue weighted by molar-refractivity contribution is -0.155. The van der Waals surface area contributed by atoms with Gasteiger partial charge in [0.15, 0.2) is 0 Å². The van der Waals surface area contributed by atoms with E-state index in [9.17, 15) is 14.4 Å². The minimum absolute atomic E-state index is 0.228. The molecule has 37 heavy (non-hydrogen) atoms. The molecule has 2 heterocycles. The molecule has 8 heteroatoms. The van der Waals surface area contributed by atoms with Crippen LogP contribution in [0.15, 0.2) is 60.8 Å². The summed E-state index contributed by atoms with van der Waals surface area (Å²) in [7, 11) is 0. The van der Waals surface area contributed by atoms with Gasteiger partial charge in [0.2, 0.25) is 11.8 Å². The van der Waals surface area contributed by atoms with Crippen molar-refractivity contribution in [1.82, 2.24) is 15.2 Å². The number of aromatic nitrogens is 1. The van der Waals surface area contributed by atoms with E-state index in [4.69, 9.17) is 10.5 Å². The minimum atomic E-state index is -1.15. The molecule has 1 aliphatic rings. The molecular weight excluding hydrogens is 468 g/mol. The van der Waals surface area contributed by atoms with Gasteiger partial charge in [0.1, 0.15) is 6.04 Å². The fraction of sp³-hybridized carbons (Fsp3) is 0.414. The Labute approximate surface area is 217 Å². The number of hydrogen-bond donors (Lipinski definition) is 3. The number of rotatable bonds is 9. The number of aromatic amines is 1. The third-order valence-corrected chi connectivity index (χ3v) is 7.05. The maximum Gasteiger partial charge on any atom is 0.314 e. The number of fused-ring (bicyclic) bond motifs is 1. The smallest absolute Gasteiger partial charge is 0.314 e. The molecule has 2 atom stereocenters. The lowest BCUT2D eigenvalue weighted by Gasteiger charge is -2.30. The zero-order valence-corrected chi connectivity index (χ0v) is 21.8. The van der Waals surface area contributed by atoms with Gasteiger partial charge in [0.05, 0.1) is 17.6 Å². The summed E-state index contributed by atoms with van der Waals surface area (Å²) < 4.78 is 5.47. The van der Waals surface area contributed by atoms with Crippen LogP contribution in [0.1, 0.15) is 38.3 Å². The summed E-state index contributed by atoms with van der Waals surface area (Å²) in [6, 6.07) is 16.8. The monoisotopic (exact) mass is 504 g/mol. The van der Waals surface area contributed by atoms with Crippen LogP contribution in [-0.2, 0) is 32.0 Å². The van der Waals surface area contributed by atoms with E-state index in [0.29, 0.717) is 25.8 Å². The first-order valence-electron chi connectivity index (χ1n) is 12.8. The molecule has 3 aromatic rings. The minimum Gasteiger partial charge on any atom is -0.466 e. The number of carbonyl (C=O) groups is 3. The summed E-state index contributed by atoms with van der Waals surface area (Å²) in [5, 5.41) is 3.88. The van der Waals surface area contributed by atoms with E-state index in [-0.39, 0.29) is 25.0 Å². The molecule has 1 aliphatic heterocycles. The molecule has 8 nitrogen and oxygen atoms in total. The summed E-state index contributed by atoms with van der Waals surface area (Å²) in [6.45, 7) is 5.90. The number of nitrogens with zero attached hydrogens (tertiary/aromatic N) is 1. The first-order valence-corrected chi connectivity index (χ1v) is 12.8. The van der Waals surface area contributed by atoms with Crippen LogP contribution in [0.3, 0.4) is 0 Å². The number of H-pyrrole nitrogens is 1. The molecule has 0 aliphatic carbocycles. The Morgan fingerprint density at radius 2 is 1.84 bits per heavy atom. The van der Waals surface area contributed by atoms with Gasteiger partial charge in [-0.3, -0.25) is 14.4 Å². The second-order valence-corrected chi connectivity index (χ2v) is 10.5. The van der Waals surface area contributed by atoms with Gasteiger partial charge < -0.3 is 25.7 Å². The largest absolute Gasteiger partial charge is 0.466 e. The number of para-hydroxylation sites is 1. The van der Waals surface area contributed by atoms with Crippen molar-refractivity contribution in [2.45, 2.75) is 51.6 Å². The Bertz CT molecular complexity index is 1260. The van der Waals surface area contributed by atoms with Crippen LogP contribution in [0.5, 0.6) is 0 Å². The zero-order chi connectivity index (χ0) is 26.6. The van der Waals surface area contributed by atoms with Crippen LogP contribution >= 0.6 is 0 Å². The molecule has 0 saturated carbocycles. The number of esters is 1. The number of likely N-dealkylation sites (tertiary alicyclic amines) is 1. The average molecular weight is 505 g/mol. The second-order valence-electron chi connectivity index (χ2n) is 10.5. The van der Waals surface area contributed by atoms with Crippen molar-refractivity contribution in [3.05, 3.63) is 71.9 Å². The van der Waals surface area contributed by atoms with Crippen LogP contribution < -0.4 is 11.1 Å². The van der Waals surface area contributed by atoms with Crippen molar-refractivity contribution in [1.29, 1.82) is 0 Å². The summed E-state index contributed by atoms with van der Waals surface area (Å²) in [6.07, 6.45) is 3.13. The highest BCUT2D eigenvalue weighted by Crippen LogP contribution is 2.36. The normalized spacial score (nSPS) is 18.5. The number of amides is 2. The SMILES string of the molecule is CCOC(=O)[C@]1(Cc2ccccc2)CCN(C(=O)[C@@H](Cc2c[nH]c3ccccc23)NC(=O)C(C)(C)N)C1. The molecule has 2 aromatic carbocycles. The average Bonchev–Trinajstić information content (AvgIpc) is 3.49. The quantitative estimate of drug-likeness (QED) is 0.387. The predicted octanol–water partition coefficient (Wildman–Crippen LogP) is 2.96. The molecule has 0 spiro atoms. The van der Waals surface area contributed by atoms with Crippen LogP contribution in [0, 0.1) is 5.41 Å². The topological polar surface area (TPSA) is 118 Å². The Morgan fingerprint density at radius 3 is 2.54 bits per heavy atom. The van der Waals surface area contributed by atoms with E-state index >= 15 is 0 Å². The van der Waals surface area contributed by atoms with Gasteiger partial charge in [0, 0.05) is 36.6 Å². The van der Waals surface area contributed by atoms with Gasteiger partial charge in [-0.25, -0.2) is 0 Å². The summed E-state index contributed by atoms with van der Waals surface area (Å²) in [4.78, 5) is 44.8. The molecule has 4 rings (SSSR count). The fourth-order valence-electron chi connectivity index (χ4n) is 5.00. The van der Waals surface area contributed by atoms with Crippen molar-refractivity contribution >= 4 is 28.7 Å². The molecule has 1 saturated heterocycles. The number of hydrogen-bond acceptors (Lipinski definition) is 5. The van der Waals surface area contributed by atoms with Crippen LogP contribution in [0.25, 0.3) is 10.9 Å². The molecule has 0 unspecified atom stereocenters. The molecule has 1 aromatic heterocycles. The van der Waals surface area contributed by atoms with Crippen LogP contribution in [0.4, 0.5) is 0 Å². The molecule has 1 fully saturated rings. The third-order valence-electron chi connectivity index (χ3n) is 7.05. The van der Waals surface area contributed by atoms with Crippen molar-refractivity contribution in [3.8, 4) is 0 Å². The lowest BCUT2D eigenvalue weighted by Crippen LogP contribution is -2.57.